The Morgan fingerprint density at radius 3 is 1.95 bits per heavy atom. The Labute approximate surface area is 124 Å². The van der Waals surface area contributed by atoms with Gasteiger partial charge in [0.2, 0.25) is 0 Å². The minimum absolute atomic E-state index is 0.0707. The van der Waals surface area contributed by atoms with Gasteiger partial charge in [-0.15, -0.1) is 0 Å². The summed E-state index contributed by atoms with van der Waals surface area (Å²) < 4.78 is 10.1. The Balaban J connectivity index is 1.94. The smallest absolute Gasteiger partial charge is 0.187 e. The van der Waals surface area contributed by atoms with Crippen LogP contribution in [0.1, 0.15) is 10.4 Å². The molecule has 0 saturated carbocycles. The van der Waals surface area contributed by atoms with Crippen LogP contribution in [0.2, 0.25) is 0 Å². The predicted octanol–water partition coefficient (Wildman–Crippen LogP) is 3.51. The molecule has 0 spiro atoms. The van der Waals surface area contributed by atoms with Gasteiger partial charge in [0, 0.05) is 23.5 Å². The molecule has 4 heteroatoms. The van der Waals surface area contributed by atoms with Crippen molar-refractivity contribution >= 4 is 11.5 Å². The summed E-state index contributed by atoms with van der Waals surface area (Å²) in [6, 6.07) is 14.4. The minimum atomic E-state index is -0.0707. The molecule has 0 aliphatic rings. The highest BCUT2D eigenvalue weighted by molar-refractivity contribution is 6.04. The summed E-state index contributed by atoms with van der Waals surface area (Å²) in [6.07, 6.45) is 3.11. The topological polar surface area (TPSA) is 47.6 Å². The van der Waals surface area contributed by atoms with E-state index in [1.54, 1.807) is 44.7 Å². The number of carbonyl (C=O) groups excluding carboxylic acids is 1. The SMILES string of the molecule is COc1ccc(N/C=C/C(=O)c2ccc(OC)cc2)cc1. The van der Waals surface area contributed by atoms with E-state index in [2.05, 4.69) is 5.32 Å². The maximum absolute atomic E-state index is 11.9. The molecule has 21 heavy (non-hydrogen) atoms. The second-order valence-electron chi connectivity index (χ2n) is 4.30. The molecule has 0 aliphatic carbocycles. The zero-order chi connectivity index (χ0) is 15.1. The van der Waals surface area contributed by atoms with E-state index >= 15 is 0 Å². The van der Waals surface area contributed by atoms with Crippen LogP contribution in [-0.4, -0.2) is 20.0 Å². The third-order valence-electron chi connectivity index (χ3n) is 2.95. The van der Waals surface area contributed by atoms with Gasteiger partial charge in [-0.1, -0.05) is 0 Å². The van der Waals surface area contributed by atoms with E-state index in [1.807, 2.05) is 24.3 Å². The number of nitrogens with one attached hydrogen (secondary N) is 1. The fraction of sp³-hybridized carbons (Fsp3) is 0.118. The molecule has 108 valence electrons. The van der Waals surface area contributed by atoms with Gasteiger partial charge in [-0.25, -0.2) is 0 Å². The van der Waals surface area contributed by atoms with Gasteiger partial charge >= 0.3 is 0 Å². The molecule has 0 fully saturated rings. The van der Waals surface area contributed by atoms with E-state index in [-0.39, 0.29) is 5.78 Å². The molecule has 0 bridgehead atoms. The quantitative estimate of drug-likeness (QED) is 0.651. The molecule has 0 heterocycles. The minimum Gasteiger partial charge on any atom is -0.497 e. The molecule has 0 aliphatic heterocycles. The van der Waals surface area contributed by atoms with Gasteiger partial charge in [0.15, 0.2) is 5.78 Å². The summed E-state index contributed by atoms with van der Waals surface area (Å²) in [5, 5.41) is 3.04. The molecule has 0 atom stereocenters. The average Bonchev–Trinajstić information content (AvgIpc) is 2.55. The molecule has 0 aromatic heterocycles. The third-order valence-corrected chi connectivity index (χ3v) is 2.95. The van der Waals surface area contributed by atoms with Crippen molar-refractivity contribution in [2.75, 3.05) is 19.5 Å². The van der Waals surface area contributed by atoms with Crippen molar-refractivity contribution in [2.24, 2.45) is 0 Å². The maximum Gasteiger partial charge on any atom is 0.187 e. The zero-order valence-electron chi connectivity index (χ0n) is 12.0. The number of methoxy groups -OCH3 is 2. The highest BCUT2D eigenvalue weighted by atomic mass is 16.5. The molecule has 2 aromatic carbocycles. The second-order valence-corrected chi connectivity index (χ2v) is 4.30. The molecule has 0 saturated heterocycles. The van der Waals surface area contributed by atoms with E-state index in [4.69, 9.17) is 9.47 Å². The zero-order valence-corrected chi connectivity index (χ0v) is 12.0. The summed E-state index contributed by atoms with van der Waals surface area (Å²) in [5.74, 6) is 1.45. The first-order valence-corrected chi connectivity index (χ1v) is 6.48. The third kappa shape index (κ3) is 4.11. The van der Waals surface area contributed by atoms with Gasteiger partial charge in [0.05, 0.1) is 14.2 Å². The van der Waals surface area contributed by atoms with Crippen LogP contribution in [0, 0.1) is 0 Å². The summed E-state index contributed by atoms with van der Waals surface area (Å²) in [7, 11) is 3.21. The molecular weight excluding hydrogens is 266 g/mol. The van der Waals surface area contributed by atoms with Crippen LogP contribution in [0.3, 0.4) is 0 Å². The Hall–Kier alpha value is -2.75. The summed E-state index contributed by atoms with van der Waals surface area (Å²) >= 11 is 0. The van der Waals surface area contributed by atoms with E-state index < -0.39 is 0 Å². The van der Waals surface area contributed by atoms with E-state index in [1.165, 1.54) is 6.08 Å². The molecule has 4 nitrogen and oxygen atoms in total. The molecule has 1 N–H and O–H groups in total. The lowest BCUT2D eigenvalue weighted by molar-refractivity contribution is 0.104. The van der Waals surface area contributed by atoms with Crippen molar-refractivity contribution in [3.63, 3.8) is 0 Å². The fourth-order valence-electron chi connectivity index (χ4n) is 1.75. The number of ketones is 1. The van der Waals surface area contributed by atoms with Gasteiger partial charge in [0.1, 0.15) is 11.5 Å². The highest BCUT2D eigenvalue weighted by Crippen LogP contribution is 2.15. The van der Waals surface area contributed by atoms with Crippen molar-refractivity contribution in [1.29, 1.82) is 0 Å². The molecular formula is C17H17NO3. The molecule has 0 amide bonds. The molecule has 2 aromatic rings. The number of benzene rings is 2. The summed E-state index contributed by atoms with van der Waals surface area (Å²) in [6.45, 7) is 0. The Morgan fingerprint density at radius 1 is 0.905 bits per heavy atom. The van der Waals surface area contributed by atoms with Crippen LogP contribution >= 0.6 is 0 Å². The van der Waals surface area contributed by atoms with Crippen molar-refractivity contribution in [3.05, 3.63) is 66.4 Å². The number of hydrogen-bond acceptors (Lipinski definition) is 4. The average molecular weight is 283 g/mol. The van der Waals surface area contributed by atoms with Crippen LogP contribution in [0.5, 0.6) is 11.5 Å². The normalized spacial score (nSPS) is 10.4. The van der Waals surface area contributed by atoms with E-state index in [0.717, 1.165) is 17.2 Å². The Bertz CT molecular complexity index is 615. The van der Waals surface area contributed by atoms with Crippen LogP contribution in [0.25, 0.3) is 0 Å². The van der Waals surface area contributed by atoms with Crippen molar-refractivity contribution in [3.8, 4) is 11.5 Å². The number of rotatable bonds is 6. The van der Waals surface area contributed by atoms with Gasteiger partial charge < -0.3 is 14.8 Å². The Morgan fingerprint density at radius 2 is 1.43 bits per heavy atom. The van der Waals surface area contributed by atoms with Crippen molar-refractivity contribution in [2.45, 2.75) is 0 Å². The van der Waals surface area contributed by atoms with Crippen molar-refractivity contribution < 1.29 is 14.3 Å². The van der Waals surface area contributed by atoms with E-state index in [0.29, 0.717) is 5.56 Å². The van der Waals surface area contributed by atoms with Crippen LogP contribution in [0.4, 0.5) is 5.69 Å². The lowest BCUT2D eigenvalue weighted by Crippen LogP contribution is -1.96. The van der Waals surface area contributed by atoms with Crippen LogP contribution in [-0.2, 0) is 0 Å². The Kier molecular flexibility index (Phi) is 4.99. The number of carbonyl (C=O) groups is 1. The van der Waals surface area contributed by atoms with Gasteiger partial charge in [-0.2, -0.15) is 0 Å². The lowest BCUT2D eigenvalue weighted by atomic mass is 10.1. The number of anilines is 1. The summed E-state index contributed by atoms with van der Waals surface area (Å²) in [4.78, 5) is 11.9. The lowest BCUT2D eigenvalue weighted by Gasteiger charge is -2.03. The monoisotopic (exact) mass is 283 g/mol. The molecule has 0 unspecified atom stereocenters. The molecule has 2 rings (SSSR count). The number of hydrogen-bond donors (Lipinski definition) is 1. The highest BCUT2D eigenvalue weighted by Gasteiger charge is 2.01. The standard InChI is InChI=1S/C17H17NO3/c1-20-15-7-3-13(4-8-15)17(19)11-12-18-14-5-9-16(21-2)10-6-14/h3-12,18H,1-2H3/b12-11+. The van der Waals surface area contributed by atoms with Crippen LogP contribution < -0.4 is 14.8 Å². The van der Waals surface area contributed by atoms with Gasteiger partial charge in [-0.3, -0.25) is 4.79 Å². The first kappa shape index (κ1) is 14.7. The molecule has 0 radical (unpaired) electrons. The maximum atomic E-state index is 11.9. The first-order chi connectivity index (χ1) is 10.2. The number of ether oxygens (including phenoxy) is 2. The van der Waals surface area contributed by atoms with Gasteiger partial charge in [0.25, 0.3) is 0 Å². The van der Waals surface area contributed by atoms with Crippen molar-refractivity contribution in [1.82, 2.24) is 0 Å². The largest absolute Gasteiger partial charge is 0.497 e. The van der Waals surface area contributed by atoms with E-state index in [9.17, 15) is 4.79 Å². The second kappa shape index (κ2) is 7.14. The van der Waals surface area contributed by atoms with Gasteiger partial charge in [-0.05, 0) is 48.5 Å². The first-order valence-electron chi connectivity index (χ1n) is 6.48. The summed E-state index contributed by atoms with van der Waals surface area (Å²) in [5.41, 5.74) is 1.50. The fourth-order valence-corrected chi connectivity index (χ4v) is 1.75. The number of allylic oxidation sites excluding steroid dienone is 1. The predicted molar refractivity (Wildman–Crippen MR) is 83.1 cm³/mol. The van der Waals surface area contributed by atoms with Crippen LogP contribution in [0.15, 0.2) is 60.8 Å².